The third-order valence-electron chi connectivity index (χ3n) is 2.76. The lowest BCUT2D eigenvalue weighted by Gasteiger charge is -2.13. The highest BCUT2D eigenvalue weighted by Gasteiger charge is 2.19. The van der Waals surface area contributed by atoms with E-state index >= 15 is 0 Å². The van der Waals surface area contributed by atoms with Crippen LogP contribution in [0.25, 0.3) is 0 Å². The molecule has 0 aliphatic rings. The SMILES string of the molecule is Cc1cc(Cl)c(N)cc1S(=O)(=O)Nc1ccc(Br)cc1Cl. The van der Waals surface area contributed by atoms with Crippen LogP contribution in [0.4, 0.5) is 11.4 Å². The summed E-state index contributed by atoms with van der Waals surface area (Å²) in [5, 5.41) is 0.598. The number of sulfonamides is 1. The molecule has 0 bridgehead atoms. The third-order valence-corrected chi connectivity index (χ3v) is 5.40. The van der Waals surface area contributed by atoms with E-state index in [2.05, 4.69) is 20.7 Å². The van der Waals surface area contributed by atoms with Crippen molar-refractivity contribution in [2.45, 2.75) is 11.8 Å². The summed E-state index contributed by atoms with van der Waals surface area (Å²) in [6.45, 7) is 1.64. The highest BCUT2D eigenvalue weighted by Crippen LogP contribution is 2.30. The molecule has 0 aliphatic heterocycles. The Morgan fingerprint density at radius 1 is 1.14 bits per heavy atom. The Morgan fingerprint density at radius 2 is 1.81 bits per heavy atom. The van der Waals surface area contributed by atoms with Crippen molar-refractivity contribution in [1.29, 1.82) is 0 Å². The van der Waals surface area contributed by atoms with Crippen LogP contribution in [0.2, 0.25) is 10.0 Å². The number of hydrogen-bond donors (Lipinski definition) is 2. The van der Waals surface area contributed by atoms with Gasteiger partial charge in [0.25, 0.3) is 10.0 Å². The number of nitrogens with two attached hydrogens (primary N) is 1. The first kappa shape index (κ1) is 16.4. The van der Waals surface area contributed by atoms with Gasteiger partial charge in [-0.3, -0.25) is 4.72 Å². The van der Waals surface area contributed by atoms with E-state index in [-0.39, 0.29) is 21.3 Å². The van der Waals surface area contributed by atoms with E-state index < -0.39 is 10.0 Å². The number of benzene rings is 2. The Bertz CT molecular complexity index is 810. The van der Waals surface area contributed by atoms with Gasteiger partial charge in [0.2, 0.25) is 0 Å². The summed E-state index contributed by atoms with van der Waals surface area (Å²) in [6, 6.07) is 7.69. The first-order valence-electron chi connectivity index (χ1n) is 5.74. The molecule has 21 heavy (non-hydrogen) atoms. The fourth-order valence-electron chi connectivity index (χ4n) is 1.73. The number of halogens is 3. The molecule has 0 amide bonds. The minimum Gasteiger partial charge on any atom is -0.397 e. The summed E-state index contributed by atoms with van der Waals surface area (Å²) in [7, 11) is -3.81. The molecule has 0 saturated carbocycles. The molecular weight excluding hydrogens is 399 g/mol. The van der Waals surface area contributed by atoms with Gasteiger partial charge in [0.15, 0.2) is 0 Å². The summed E-state index contributed by atoms with van der Waals surface area (Å²) in [5.41, 5.74) is 6.65. The van der Waals surface area contributed by atoms with Crippen LogP contribution in [0.1, 0.15) is 5.56 Å². The quantitative estimate of drug-likeness (QED) is 0.735. The van der Waals surface area contributed by atoms with Gasteiger partial charge in [-0.1, -0.05) is 39.1 Å². The Kier molecular flexibility index (Phi) is 4.72. The van der Waals surface area contributed by atoms with Crippen molar-refractivity contribution in [2.75, 3.05) is 10.5 Å². The van der Waals surface area contributed by atoms with Gasteiger partial charge in [0, 0.05) is 4.47 Å². The summed E-state index contributed by atoms with van der Waals surface area (Å²) in [4.78, 5) is 0.0587. The number of nitrogen functional groups attached to an aromatic ring is 1. The van der Waals surface area contributed by atoms with Gasteiger partial charge in [-0.05, 0) is 42.8 Å². The Morgan fingerprint density at radius 3 is 2.43 bits per heavy atom. The van der Waals surface area contributed by atoms with E-state index in [1.165, 1.54) is 12.1 Å². The standard InChI is InChI=1S/C13H11BrCl2N2O2S/c1-7-4-9(15)11(17)6-13(7)21(19,20)18-12-3-2-8(14)5-10(12)16/h2-6,18H,17H2,1H3. The molecule has 8 heteroatoms. The maximum Gasteiger partial charge on any atom is 0.262 e. The Balaban J connectivity index is 2.46. The molecule has 112 valence electrons. The summed E-state index contributed by atoms with van der Waals surface area (Å²) in [5.74, 6) is 0. The van der Waals surface area contributed by atoms with Gasteiger partial charge in [0.05, 0.1) is 26.3 Å². The predicted molar refractivity (Wildman–Crippen MR) is 90.6 cm³/mol. The second kappa shape index (κ2) is 6.04. The molecule has 0 fully saturated rings. The topological polar surface area (TPSA) is 72.2 Å². The van der Waals surface area contributed by atoms with Crippen LogP contribution in [0.3, 0.4) is 0 Å². The smallest absolute Gasteiger partial charge is 0.262 e. The van der Waals surface area contributed by atoms with Gasteiger partial charge in [-0.15, -0.1) is 0 Å². The van der Waals surface area contributed by atoms with Gasteiger partial charge in [-0.25, -0.2) is 8.42 Å². The van der Waals surface area contributed by atoms with E-state index in [4.69, 9.17) is 28.9 Å². The maximum absolute atomic E-state index is 12.4. The molecule has 2 aromatic carbocycles. The molecular formula is C13H11BrCl2N2O2S. The third kappa shape index (κ3) is 3.63. The largest absolute Gasteiger partial charge is 0.397 e. The predicted octanol–water partition coefficient (Wildman–Crippen LogP) is 4.45. The second-order valence-electron chi connectivity index (χ2n) is 4.37. The van der Waals surface area contributed by atoms with Crippen molar-refractivity contribution in [3.05, 3.63) is 50.4 Å². The Hall–Kier alpha value is -0.950. The van der Waals surface area contributed by atoms with Crippen LogP contribution in [0.5, 0.6) is 0 Å². The van der Waals surface area contributed by atoms with Crippen LogP contribution in [-0.4, -0.2) is 8.42 Å². The number of hydrogen-bond acceptors (Lipinski definition) is 3. The van der Waals surface area contributed by atoms with Gasteiger partial charge >= 0.3 is 0 Å². The average Bonchev–Trinajstić information content (AvgIpc) is 2.37. The Labute approximate surface area is 141 Å². The molecule has 2 aromatic rings. The molecule has 0 unspecified atom stereocenters. The molecule has 0 heterocycles. The molecule has 3 N–H and O–H groups in total. The summed E-state index contributed by atoms with van der Waals surface area (Å²) < 4.78 is 28.1. The second-order valence-corrected chi connectivity index (χ2v) is 7.75. The summed E-state index contributed by atoms with van der Waals surface area (Å²) in [6.07, 6.45) is 0. The highest BCUT2D eigenvalue weighted by molar-refractivity contribution is 9.10. The zero-order valence-electron chi connectivity index (χ0n) is 10.8. The zero-order chi connectivity index (χ0) is 15.8. The fraction of sp³-hybridized carbons (Fsp3) is 0.0769. The number of aryl methyl sites for hydroxylation is 1. The van der Waals surface area contributed by atoms with Crippen molar-refractivity contribution in [1.82, 2.24) is 0 Å². The number of anilines is 2. The number of nitrogens with one attached hydrogen (secondary N) is 1. The molecule has 0 atom stereocenters. The molecule has 0 radical (unpaired) electrons. The van der Waals surface area contributed by atoms with Crippen molar-refractivity contribution in [3.8, 4) is 0 Å². The van der Waals surface area contributed by atoms with E-state index in [0.717, 1.165) is 4.47 Å². The van der Waals surface area contributed by atoms with Crippen molar-refractivity contribution >= 4 is 60.5 Å². The average molecular weight is 410 g/mol. The molecule has 0 spiro atoms. The van der Waals surface area contributed by atoms with Crippen LogP contribution >= 0.6 is 39.1 Å². The fourth-order valence-corrected chi connectivity index (χ4v) is 4.07. The van der Waals surface area contributed by atoms with Crippen molar-refractivity contribution in [2.24, 2.45) is 0 Å². The lowest BCUT2D eigenvalue weighted by molar-refractivity contribution is 0.600. The van der Waals surface area contributed by atoms with E-state index in [9.17, 15) is 8.42 Å². The van der Waals surface area contributed by atoms with Crippen molar-refractivity contribution in [3.63, 3.8) is 0 Å². The molecule has 2 rings (SSSR count). The summed E-state index contributed by atoms with van der Waals surface area (Å²) >= 11 is 15.1. The van der Waals surface area contributed by atoms with Gasteiger partial charge < -0.3 is 5.73 Å². The number of rotatable bonds is 3. The lowest BCUT2D eigenvalue weighted by atomic mass is 10.2. The molecule has 0 aromatic heterocycles. The van der Waals surface area contributed by atoms with Gasteiger partial charge in [0.1, 0.15) is 0 Å². The van der Waals surface area contributed by atoms with Crippen LogP contribution in [-0.2, 0) is 10.0 Å². The van der Waals surface area contributed by atoms with E-state index in [1.54, 1.807) is 25.1 Å². The molecule has 4 nitrogen and oxygen atoms in total. The van der Waals surface area contributed by atoms with E-state index in [1.807, 2.05) is 0 Å². The van der Waals surface area contributed by atoms with Crippen LogP contribution < -0.4 is 10.5 Å². The van der Waals surface area contributed by atoms with E-state index in [0.29, 0.717) is 10.6 Å². The lowest BCUT2D eigenvalue weighted by Crippen LogP contribution is -2.15. The van der Waals surface area contributed by atoms with Crippen LogP contribution in [0.15, 0.2) is 39.7 Å². The van der Waals surface area contributed by atoms with Crippen molar-refractivity contribution < 1.29 is 8.42 Å². The normalized spacial score (nSPS) is 11.4. The monoisotopic (exact) mass is 408 g/mol. The zero-order valence-corrected chi connectivity index (χ0v) is 14.7. The van der Waals surface area contributed by atoms with Crippen LogP contribution in [0, 0.1) is 6.92 Å². The minimum absolute atomic E-state index is 0.0587. The minimum atomic E-state index is -3.81. The first-order chi connectivity index (χ1) is 9.70. The van der Waals surface area contributed by atoms with Gasteiger partial charge in [-0.2, -0.15) is 0 Å². The first-order valence-corrected chi connectivity index (χ1v) is 8.77. The maximum atomic E-state index is 12.4. The molecule has 0 saturated heterocycles. The highest BCUT2D eigenvalue weighted by atomic mass is 79.9. The molecule has 0 aliphatic carbocycles.